The molecule has 1 aromatic carbocycles. The largest absolute Gasteiger partial charge is 0.384 e. The van der Waals surface area contributed by atoms with Crippen LogP contribution in [0, 0.1) is 18.6 Å². The van der Waals surface area contributed by atoms with E-state index in [1.165, 1.54) is 4.68 Å². The van der Waals surface area contributed by atoms with Crippen molar-refractivity contribution in [2.24, 2.45) is 0 Å². The van der Waals surface area contributed by atoms with Crippen LogP contribution in [0.15, 0.2) is 42.7 Å². The van der Waals surface area contributed by atoms with E-state index in [4.69, 9.17) is 5.73 Å². The molecule has 0 aliphatic heterocycles. The Labute approximate surface area is 119 Å². The van der Waals surface area contributed by atoms with Crippen LogP contribution < -0.4 is 5.73 Å². The van der Waals surface area contributed by atoms with Gasteiger partial charge in [0.05, 0.1) is 5.69 Å². The van der Waals surface area contributed by atoms with Crippen LogP contribution in [0.1, 0.15) is 5.69 Å². The fourth-order valence-corrected chi connectivity index (χ4v) is 2.09. The van der Waals surface area contributed by atoms with E-state index in [0.717, 1.165) is 29.3 Å². The van der Waals surface area contributed by atoms with Gasteiger partial charge in [-0.25, -0.2) is 18.4 Å². The first-order chi connectivity index (χ1) is 10.0. The second-order valence-corrected chi connectivity index (χ2v) is 4.64. The molecule has 0 aliphatic carbocycles. The van der Waals surface area contributed by atoms with Gasteiger partial charge in [0.25, 0.3) is 0 Å². The lowest BCUT2D eigenvalue weighted by Gasteiger charge is -2.02. The van der Waals surface area contributed by atoms with Crippen molar-refractivity contribution in [1.82, 2.24) is 14.8 Å². The second-order valence-electron chi connectivity index (χ2n) is 4.64. The minimum atomic E-state index is -0.541. The van der Waals surface area contributed by atoms with Crippen LogP contribution in [0.4, 0.5) is 14.6 Å². The Morgan fingerprint density at radius 3 is 2.67 bits per heavy atom. The summed E-state index contributed by atoms with van der Waals surface area (Å²) in [5, 5.41) is 4.23. The molecule has 0 unspecified atom stereocenters. The average molecular weight is 286 g/mol. The van der Waals surface area contributed by atoms with Crippen molar-refractivity contribution in [3.8, 4) is 16.8 Å². The van der Waals surface area contributed by atoms with Gasteiger partial charge in [0.15, 0.2) is 0 Å². The number of nitrogens with two attached hydrogens (primary N) is 1. The van der Waals surface area contributed by atoms with Gasteiger partial charge in [-0.05, 0) is 31.2 Å². The zero-order valence-corrected chi connectivity index (χ0v) is 11.2. The van der Waals surface area contributed by atoms with Gasteiger partial charge in [-0.1, -0.05) is 0 Å². The van der Waals surface area contributed by atoms with Gasteiger partial charge in [0.2, 0.25) is 0 Å². The van der Waals surface area contributed by atoms with Crippen molar-refractivity contribution in [3.63, 3.8) is 0 Å². The van der Waals surface area contributed by atoms with Crippen molar-refractivity contribution in [3.05, 3.63) is 60.1 Å². The number of rotatable bonds is 2. The predicted molar refractivity (Wildman–Crippen MR) is 75.9 cm³/mol. The van der Waals surface area contributed by atoms with Crippen molar-refractivity contribution >= 4 is 5.82 Å². The first-order valence-electron chi connectivity index (χ1n) is 6.28. The van der Waals surface area contributed by atoms with E-state index in [0.29, 0.717) is 11.5 Å². The molecule has 0 spiro atoms. The van der Waals surface area contributed by atoms with Crippen molar-refractivity contribution < 1.29 is 8.78 Å². The van der Waals surface area contributed by atoms with E-state index in [-0.39, 0.29) is 5.69 Å². The topological polar surface area (TPSA) is 56.7 Å². The summed E-state index contributed by atoms with van der Waals surface area (Å²) < 4.78 is 28.4. The molecule has 0 fully saturated rings. The third kappa shape index (κ3) is 2.47. The third-order valence-electron chi connectivity index (χ3n) is 3.15. The molecule has 0 saturated heterocycles. The molecule has 4 nitrogen and oxygen atoms in total. The lowest BCUT2D eigenvalue weighted by atomic mass is 10.1. The van der Waals surface area contributed by atoms with Crippen molar-refractivity contribution in [1.29, 1.82) is 0 Å². The molecule has 2 aromatic heterocycles. The van der Waals surface area contributed by atoms with Crippen LogP contribution in [-0.2, 0) is 0 Å². The van der Waals surface area contributed by atoms with Gasteiger partial charge >= 0.3 is 0 Å². The lowest BCUT2D eigenvalue weighted by molar-refractivity contribution is 0.586. The van der Waals surface area contributed by atoms with Crippen LogP contribution in [0.25, 0.3) is 16.8 Å². The van der Waals surface area contributed by atoms with Crippen LogP contribution >= 0.6 is 0 Å². The van der Waals surface area contributed by atoms with Crippen LogP contribution in [-0.4, -0.2) is 14.8 Å². The Bertz CT molecular complexity index is 794. The van der Waals surface area contributed by atoms with Crippen LogP contribution in [0.2, 0.25) is 0 Å². The quantitative estimate of drug-likeness (QED) is 0.787. The Balaban J connectivity index is 2.09. The van der Waals surface area contributed by atoms with E-state index in [2.05, 4.69) is 10.1 Å². The second kappa shape index (κ2) is 4.97. The Kier molecular flexibility index (Phi) is 3.13. The molecular weight excluding hydrogens is 274 g/mol. The highest BCUT2D eigenvalue weighted by atomic mass is 19.1. The predicted octanol–water partition coefficient (Wildman–Crippen LogP) is 3.10. The average Bonchev–Trinajstić information content (AvgIpc) is 2.84. The summed E-state index contributed by atoms with van der Waals surface area (Å²) in [7, 11) is 0. The number of aromatic nitrogens is 3. The zero-order chi connectivity index (χ0) is 15.0. The minimum Gasteiger partial charge on any atom is -0.384 e. The van der Waals surface area contributed by atoms with Gasteiger partial charge in [0, 0.05) is 29.6 Å². The normalized spacial score (nSPS) is 10.8. The summed E-state index contributed by atoms with van der Waals surface area (Å²) in [6.45, 7) is 1.79. The molecule has 6 heteroatoms. The summed E-state index contributed by atoms with van der Waals surface area (Å²) in [5.74, 6) is -0.642. The number of aryl methyl sites for hydroxylation is 1. The van der Waals surface area contributed by atoms with E-state index >= 15 is 0 Å². The molecule has 3 aromatic rings. The van der Waals surface area contributed by atoms with E-state index in [9.17, 15) is 8.78 Å². The molecule has 21 heavy (non-hydrogen) atoms. The number of benzene rings is 1. The SMILES string of the molecule is Cc1nn(-c2cc(F)ccc2F)cc1-c1ccc(N)nc1. The highest BCUT2D eigenvalue weighted by Gasteiger charge is 2.12. The zero-order valence-electron chi connectivity index (χ0n) is 11.2. The fourth-order valence-electron chi connectivity index (χ4n) is 2.09. The smallest absolute Gasteiger partial charge is 0.149 e. The number of pyridine rings is 1. The molecule has 3 rings (SSSR count). The molecule has 0 bridgehead atoms. The number of hydrogen-bond acceptors (Lipinski definition) is 3. The summed E-state index contributed by atoms with van der Waals surface area (Å²) in [5.41, 5.74) is 7.89. The Hall–Kier alpha value is -2.76. The highest BCUT2D eigenvalue weighted by Crippen LogP contribution is 2.24. The number of hydrogen-bond donors (Lipinski definition) is 1. The summed E-state index contributed by atoms with van der Waals surface area (Å²) in [6, 6.07) is 6.73. The molecule has 2 N–H and O–H groups in total. The maximum absolute atomic E-state index is 13.8. The van der Waals surface area contributed by atoms with E-state index < -0.39 is 11.6 Å². The fraction of sp³-hybridized carbons (Fsp3) is 0.0667. The minimum absolute atomic E-state index is 0.0627. The maximum atomic E-state index is 13.8. The first-order valence-corrected chi connectivity index (χ1v) is 6.28. The number of nitrogens with zero attached hydrogens (tertiary/aromatic N) is 3. The number of nitrogen functional groups attached to an aromatic ring is 1. The molecule has 0 amide bonds. The van der Waals surface area contributed by atoms with E-state index in [1.807, 2.05) is 0 Å². The molecule has 0 radical (unpaired) electrons. The monoisotopic (exact) mass is 286 g/mol. The molecule has 0 atom stereocenters. The Morgan fingerprint density at radius 1 is 1.14 bits per heavy atom. The first kappa shape index (κ1) is 13.2. The molecule has 0 aliphatic rings. The summed E-state index contributed by atoms with van der Waals surface area (Å²) >= 11 is 0. The number of halogens is 2. The number of anilines is 1. The highest BCUT2D eigenvalue weighted by molar-refractivity contribution is 5.65. The molecular formula is C15H12F2N4. The standard InChI is InChI=1S/C15H12F2N4/c1-9-12(10-2-5-15(18)19-7-10)8-21(20-9)14-6-11(16)3-4-13(14)17/h2-8H,1H3,(H2,18,19). The Morgan fingerprint density at radius 2 is 1.95 bits per heavy atom. The maximum Gasteiger partial charge on any atom is 0.149 e. The van der Waals surface area contributed by atoms with Crippen molar-refractivity contribution in [2.45, 2.75) is 6.92 Å². The molecule has 2 heterocycles. The summed E-state index contributed by atoms with van der Waals surface area (Å²) in [4.78, 5) is 4.02. The molecule has 0 saturated carbocycles. The van der Waals surface area contributed by atoms with Gasteiger partial charge in [-0.3, -0.25) is 0 Å². The van der Waals surface area contributed by atoms with Gasteiger partial charge in [-0.15, -0.1) is 0 Å². The third-order valence-corrected chi connectivity index (χ3v) is 3.15. The lowest BCUT2D eigenvalue weighted by Crippen LogP contribution is -1.99. The van der Waals surface area contributed by atoms with Gasteiger partial charge in [0.1, 0.15) is 23.1 Å². The molecule has 106 valence electrons. The van der Waals surface area contributed by atoms with Crippen LogP contribution in [0.3, 0.4) is 0 Å². The van der Waals surface area contributed by atoms with E-state index in [1.54, 1.807) is 31.5 Å². The van der Waals surface area contributed by atoms with Crippen LogP contribution in [0.5, 0.6) is 0 Å². The van der Waals surface area contributed by atoms with Gasteiger partial charge in [-0.2, -0.15) is 5.10 Å². The summed E-state index contributed by atoms with van der Waals surface area (Å²) in [6.07, 6.45) is 3.26. The van der Waals surface area contributed by atoms with Gasteiger partial charge < -0.3 is 5.73 Å². The van der Waals surface area contributed by atoms with Crippen molar-refractivity contribution in [2.75, 3.05) is 5.73 Å².